The van der Waals surface area contributed by atoms with Gasteiger partial charge in [0.1, 0.15) is 5.69 Å². The largest absolute Gasteiger partial charge is 0.332 e. The predicted octanol–water partition coefficient (Wildman–Crippen LogP) is 2.33. The Balaban J connectivity index is 2.14. The average molecular weight is 319 g/mol. The molecular formula is C16H19ClN4O. The van der Waals surface area contributed by atoms with E-state index in [0.29, 0.717) is 23.8 Å². The Hall–Kier alpha value is -1.98. The first-order valence-electron chi connectivity index (χ1n) is 7.00. The van der Waals surface area contributed by atoms with Crippen LogP contribution in [0, 0.1) is 0 Å². The van der Waals surface area contributed by atoms with Gasteiger partial charge in [0.15, 0.2) is 0 Å². The molecule has 1 heterocycles. The molecule has 0 unspecified atom stereocenters. The number of hydrogen-bond acceptors (Lipinski definition) is 4. The van der Waals surface area contributed by atoms with E-state index in [1.807, 2.05) is 43.3 Å². The molecule has 0 aliphatic rings. The van der Waals surface area contributed by atoms with Crippen molar-refractivity contribution >= 4 is 17.5 Å². The Labute approximate surface area is 135 Å². The summed E-state index contributed by atoms with van der Waals surface area (Å²) in [5, 5.41) is 0.684. The van der Waals surface area contributed by atoms with Crippen LogP contribution in [-0.4, -0.2) is 52.9 Å². The van der Waals surface area contributed by atoms with Crippen molar-refractivity contribution in [1.29, 1.82) is 0 Å². The molecule has 0 spiro atoms. The van der Waals surface area contributed by atoms with E-state index < -0.39 is 0 Å². The van der Waals surface area contributed by atoms with Crippen molar-refractivity contribution in [2.45, 2.75) is 6.54 Å². The van der Waals surface area contributed by atoms with Crippen molar-refractivity contribution < 1.29 is 4.79 Å². The van der Waals surface area contributed by atoms with Gasteiger partial charge in [-0.3, -0.25) is 9.78 Å². The summed E-state index contributed by atoms with van der Waals surface area (Å²) in [6, 6.07) is 7.51. The molecule has 2 aromatic rings. The second-order valence-electron chi connectivity index (χ2n) is 5.25. The second-order valence-corrected chi connectivity index (χ2v) is 5.68. The first-order chi connectivity index (χ1) is 10.6. The van der Waals surface area contributed by atoms with Crippen molar-refractivity contribution in [3.63, 3.8) is 0 Å². The van der Waals surface area contributed by atoms with Crippen molar-refractivity contribution in [2.75, 3.05) is 27.2 Å². The van der Waals surface area contributed by atoms with Gasteiger partial charge in [-0.2, -0.15) is 0 Å². The minimum atomic E-state index is -0.120. The van der Waals surface area contributed by atoms with Crippen molar-refractivity contribution in [3.8, 4) is 0 Å². The van der Waals surface area contributed by atoms with Crippen LogP contribution in [0.4, 0.5) is 0 Å². The normalized spacial score (nSPS) is 10.7. The van der Waals surface area contributed by atoms with Crippen LogP contribution in [0.1, 0.15) is 16.1 Å². The number of rotatable bonds is 6. The van der Waals surface area contributed by atoms with E-state index in [2.05, 4.69) is 9.97 Å². The number of hydrogen-bond donors (Lipinski definition) is 0. The maximum atomic E-state index is 12.6. The summed E-state index contributed by atoms with van der Waals surface area (Å²) in [6.45, 7) is 1.91. The Morgan fingerprint density at radius 1 is 1.14 bits per heavy atom. The van der Waals surface area contributed by atoms with Gasteiger partial charge in [-0.15, -0.1) is 0 Å². The van der Waals surface area contributed by atoms with E-state index in [0.717, 1.165) is 12.1 Å². The summed E-state index contributed by atoms with van der Waals surface area (Å²) < 4.78 is 0. The number of aromatic nitrogens is 2. The first kappa shape index (κ1) is 16.4. The Morgan fingerprint density at radius 3 is 2.45 bits per heavy atom. The van der Waals surface area contributed by atoms with E-state index in [9.17, 15) is 4.79 Å². The molecule has 1 aromatic heterocycles. The van der Waals surface area contributed by atoms with E-state index in [1.165, 1.54) is 12.4 Å². The highest BCUT2D eigenvalue weighted by Gasteiger charge is 2.17. The quantitative estimate of drug-likeness (QED) is 0.820. The average Bonchev–Trinajstić information content (AvgIpc) is 2.53. The lowest BCUT2D eigenvalue weighted by atomic mass is 10.2. The number of halogens is 1. The zero-order valence-corrected chi connectivity index (χ0v) is 13.5. The predicted molar refractivity (Wildman–Crippen MR) is 86.8 cm³/mol. The van der Waals surface area contributed by atoms with Gasteiger partial charge in [0.05, 0.1) is 6.20 Å². The molecule has 0 fully saturated rings. The maximum Gasteiger partial charge on any atom is 0.274 e. The minimum Gasteiger partial charge on any atom is -0.332 e. The third-order valence-corrected chi connectivity index (χ3v) is 3.43. The van der Waals surface area contributed by atoms with E-state index in [-0.39, 0.29) is 5.91 Å². The lowest BCUT2D eigenvalue weighted by molar-refractivity contribution is 0.0725. The molecule has 6 heteroatoms. The lowest BCUT2D eigenvalue weighted by Gasteiger charge is -2.24. The highest BCUT2D eigenvalue weighted by Crippen LogP contribution is 2.13. The highest BCUT2D eigenvalue weighted by atomic mass is 35.5. The van der Waals surface area contributed by atoms with Crippen LogP contribution in [0.2, 0.25) is 5.02 Å². The maximum absolute atomic E-state index is 12.6. The summed E-state index contributed by atoms with van der Waals surface area (Å²) >= 11 is 5.90. The number of carbonyl (C=O) groups is 1. The summed E-state index contributed by atoms with van der Waals surface area (Å²) in [5.41, 5.74) is 1.38. The molecule has 0 radical (unpaired) electrons. The van der Waals surface area contributed by atoms with Crippen LogP contribution in [0.25, 0.3) is 0 Å². The molecule has 22 heavy (non-hydrogen) atoms. The molecule has 0 saturated carbocycles. The van der Waals surface area contributed by atoms with Crippen LogP contribution in [0.15, 0.2) is 42.9 Å². The molecule has 0 N–H and O–H groups in total. The Kier molecular flexibility index (Phi) is 5.86. The number of benzene rings is 1. The van der Waals surface area contributed by atoms with Gasteiger partial charge < -0.3 is 9.80 Å². The zero-order chi connectivity index (χ0) is 15.9. The van der Waals surface area contributed by atoms with Gasteiger partial charge in [0.25, 0.3) is 5.91 Å². The molecule has 1 amide bonds. The smallest absolute Gasteiger partial charge is 0.274 e. The van der Waals surface area contributed by atoms with Gasteiger partial charge in [-0.25, -0.2) is 4.98 Å². The molecule has 0 bridgehead atoms. The van der Waals surface area contributed by atoms with E-state index in [1.54, 1.807) is 11.1 Å². The molecular weight excluding hydrogens is 300 g/mol. The summed E-state index contributed by atoms with van der Waals surface area (Å²) in [4.78, 5) is 24.5. The van der Waals surface area contributed by atoms with Gasteiger partial charge in [0.2, 0.25) is 0 Å². The SMILES string of the molecule is CN(C)CCN(Cc1ccc(Cl)cc1)C(=O)c1cnccn1. The van der Waals surface area contributed by atoms with Gasteiger partial charge in [-0.1, -0.05) is 23.7 Å². The number of amides is 1. The monoisotopic (exact) mass is 318 g/mol. The van der Waals surface area contributed by atoms with Gasteiger partial charge >= 0.3 is 0 Å². The van der Waals surface area contributed by atoms with Crippen molar-refractivity contribution in [2.24, 2.45) is 0 Å². The van der Waals surface area contributed by atoms with Crippen LogP contribution >= 0.6 is 11.6 Å². The molecule has 2 rings (SSSR count). The summed E-state index contributed by atoms with van der Waals surface area (Å²) in [6.07, 6.45) is 4.58. The first-order valence-corrected chi connectivity index (χ1v) is 7.38. The highest BCUT2D eigenvalue weighted by molar-refractivity contribution is 6.30. The summed E-state index contributed by atoms with van der Waals surface area (Å²) in [7, 11) is 3.96. The third kappa shape index (κ3) is 4.79. The fourth-order valence-electron chi connectivity index (χ4n) is 1.95. The standard InChI is InChI=1S/C16H19ClN4O/c1-20(2)9-10-21(12-13-3-5-14(17)6-4-13)16(22)15-11-18-7-8-19-15/h3-8,11H,9-10,12H2,1-2H3. The van der Waals surface area contributed by atoms with E-state index >= 15 is 0 Å². The zero-order valence-electron chi connectivity index (χ0n) is 12.7. The number of carbonyl (C=O) groups excluding carboxylic acids is 1. The third-order valence-electron chi connectivity index (χ3n) is 3.17. The topological polar surface area (TPSA) is 49.3 Å². The van der Waals surface area contributed by atoms with Gasteiger partial charge in [-0.05, 0) is 31.8 Å². The fourth-order valence-corrected chi connectivity index (χ4v) is 2.08. The van der Waals surface area contributed by atoms with Crippen LogP contribution in [0.5, 0.6) is 0 Å². The minimum absolute atomic E-state index is 0.120. The van der Waals surface area contributed by atoms with Crippen LogP contribution in [-0.2, 0) is 6.54 Å². The van der Waals surface area contributed by atoms with Crippen LogP contribution in [0.3, 0.4) is 0 Å². The second kappa shape index (κ2) is 7.87. The molecule has 116 valence electrons. The molecule has 0 aliphatic heterocycles. The van der Waals surface area contributed by atoms with Crippen molar-refractivity contribution in [1.82, 2.24) is 19.8 Å². The molecule has 5 nitrogen and oxygen atoms in total. The molecule has 0 saturated heterocycles. The molecule has 0 aliphatic carbocycles. The molecule has 1 aromatic carbocycles. The Morgan fingerprint density at radius 2 is 1.86 bits per heavy atom. The fraction of sp³-hybridized carbons (Fsp3) is 0.312. The lowest BCUT2D eigenvalue weighted by Crippen LogP contribution is -2.36. The van der Waals surface area contributed by atoms with E-state index in [4.69, 9.17) is 11.6 Å². The van der Waals surface area contributed by atoms with Crippen molar-refractivity contribution in [3.05, 3.63) is 59.1 Å². The Bertz CT molecular complexity index is 601. The van der Waals surface area contributed by atoms with Crippen LogP contribution < -0.4 is 0 Å². The number of nitrogens with zero attached hydrogens (tertiary/aromatic N) is 4. The van der Waals surface area contributed by atoms with Gasteiger partial charge in [0, 0.05) is 37.1 Å². The summed E-state index contributed by atoms with van der Waals surface area (Å²) in [5.74, 6) is -0.120. The molecule has 0 atom stereocenters. The number of likely N-dealkylation sites (N-methyl/N-ethyl adjacent to an activating group) is 1.